The van der Waals surface area contributed by atoms with Gasteiger partial charge in [-0.2, -0.15) is 5.10 Å². The number of nitrogens with zero attached hydrogens (tertiary/aromatic N) is 4. The smallest absolute Gasteiger partial charge is 0.254 e. The monoisotopic (exact) mass is 349 g/mol. The second-order valence-electron chi connectivity index (χ2n) is 5.99. The van der Waals surface area contributed by atoms with Gasteiger partial charge in [-0.25, -0.2) is 9.67 Å². The molecule has 24 heavy (non-hydrogen) atoms. The third-order valence-electron chi connectivity index (χ3n) is 4.31. The molecule has 1 aliphatic heterocycles. The lowest BCUT2D eigenvalue weighted by Crippen LogP contribution is -2.42. The summed E-state index contributed by atoms with van der Waals surface area (Å²) in [6, 6.07) is 6.08. The Balaban J connectivity index is 0.00000208. The summed E-state index contributed by atoms with van der Waals surface area (Å²) in [5, 5.41) is 7.50. The topological polar surface area (TPSA) is 63.1 Å². The first-order valence-electron chi connectivity index (χ1n) is 8.18. The van der Waals surface area contributed by atoms with Crippen LogP contribution in [0, 0.1) is 6.92 Å². The number of aromatic nitrogens is 3. The van der Waals surface area contributed by atoms with E-state index in [2.05, 4.69) is 22.3 Å². The summed E-state index contributed by atoms with van der Waals surface area (Å²) >= 11 is 0. The number of rotatable bonds is 5. The van der Waals surface area contributed by atoms with Gasteiger partial charge in [0.05, 0.1) is 5.69 Å². The molecule has 0 aliphatic carbocycles. The quantitative estimate of drug-likeness (QED) is 0.899. The van der Waals surface area contributed by atoms with E-state index in [9.17, 15) is 4.79 Å². The number of amides is 1. The summed E-state index contributed by atoms with van der Waals surface area (Å²) < 4.78 is 1.72. The van der Waals surface area contributed by atoms with Crippen molar-refractivity contribution >= 4 is 18.3 Å². The Hall–Kier alpha value is -1.92. The average molecular weight is 350 g/mol. The van der Waals surface area contributed by atoms with Crippen molar-refractivity contribution < 1.29 is 4.79 Å². The molecule has 1 atom stereocenters. The molecule has 1 aromatic carbocycles. The molecule has 7 heteroatoms. The number of hydrogen-bond donors (Lipinski definition) is 1. The van der Waals surface area contributed by atoms with Crippen LogP contribution in [0.4, 0.5) is 0 Å². The molecule has 0 saturated carbocycles. The fraction of sp³-hybridized carbons (Fsp3) is 0.471. The van der Waals surface area contributed by atoms with Gasteiger partial charge in [0.1, 0.15) is 12.7 Å². The largest absolute Gasteiger partial charge is 0.334 e. The zero-order valence-corrected chi connectivity index (χ0v) is 14.9. The molecule has 6 nitrogen and oxygen atoms in total. The predicted octanol–water partition coefficient (Wildman–Crippen LogP) is 2.21. The molecular formula is C17H24ClN5O. The van der Waals surface area contributed by atoms with Crippen LogP contribution in [-0.2, 0) is 0 Å². The van der Waals surface area contributed by atoms with Crippen LogP contribution in [0.5, 0.6) is 0 Å². The van der Waals surface area contributed by atoms with E-state index in [1.54, 1.807) is 11.0 Å². The first-order valence-corrected chi connectivity index (χ1v) is 8.18. The van der Waals surface area contributed by atoms with Crippen molar-refractivity contribution in [2.75, 3.05) is 19.6 Å². The van der Waals surface area contributed by atoms with Crippen LogP contribution in [0.25, 0.3) is 5.69 Å². The van der Waals surface area contributed by atoms with E-state index in [0.717, 1.165) is 49.3 Å². The average Bonchev–Trinajstić information content (AvgIpc) is 3.25. The Morgan fingerprint density at radius 1 is 1.46 bits per heavy atom. The summed E-state index contributed by atoms with van der Waals surface area (Å²) in [6.45, 7) is 6.79. The highest BCUT2D eigenvalue weighted by atomic mass is 35.5. The lowest BCUT2D eigenvalue weighted by Gasteiger charge is -2.28. The number of nitrogens with one attached hydrogen (secondary N) is 1. The SMILES string of the molecule is CCCN(C(=O)c1ccc(-n2cncn2)c(C)c1)C1CCNC1.Cl. The second-order valence-corrected chi connectivity index (χ2v) is 5.99. The molecule has 130 valence electrons. The summed E-state index contributed by atoms with van der Waals surface area (Å²) in [4.78, 5) is 18.9. The first kappa shape index (κ1) is 18.4. The minimum Gasteiger partial charge on any atom is -0.334 e. The molecule has 0 bridgehead atoms. The van der Waals surface area contributed by atoms with E-state index >= 15 is 0 Å². The van der Waals surface area contributed by atoms with Crippen molar-refractivity contribution in [3.05, 3.63) is 42.0 Å². The van der Waals surface area contributed by atoms with Crippen molar-refractivity contribution in [2.45, 2.75) is 32.7 Å². The van der Waals surface area contributed by atoms with Gasteiger partial charge in [-0.3, -0.25) is 4.79 Å². The highest BCUT2D eigenvalue weighted by Gasteiger charge is 2.26. The van der Waals surface area contributed by atoms with Gasteiger partial charge >= 0.3 is 0 Å². The number of halogens is 1. The van der Waals surface area contributed by atoms with Gasteiger partial charge in [-0.15, -0.1) is 12.4 Å². The maximum atomic E-state index is 12.9. The molecule has 2 aromatic rings. The molecule has 1 aliphatic rings. The van der Waals surface area contributed by atoms with Crippen LogP contribution in [0.2, 0.25) is 0 Å². The van der Waals surface area contributed by atoms with Crippen molar-refractivity contribution in [3.8, 4) is 5.69 Å². The van der Waals surface area contributed by atoms with Gasteiger partial charge in [-0.1, -0.05) is 6.92 Å². The van der Waals surface area contributed by atoms with Crippen LogP contribution in [0.15, 0.2) is 30.9 Å². The van der Waals surface area contributed by atoms with Gasteiger partial charge in [-0.05, 0) is 50.1 Å². The van der Waals surface area contributed by atoms with Gasteiger partial charge in [0.15, 0.2) is 0 Å². The Morgan fingerprint density at radius 3 is 2.88 bits per heavy atom. The molecule has 1 amide bonds. The number of benzene rings is 1. The molecule has 1 unspecified atom stereocenters. The fourth-order valence-electron chi connectivity index (χ4n) is 3.14. The summed E-state index contributed by atoms with van der Waals surface area (Å²) in [7, 11) is 0. The number of carbonyl (C=O) groups excluding carboxylic acids is 1. The summed E-state index contributed by atoms with van der Waals surface area (Å²) in [6.07, 6.45) is 5.17. The molecule has 1 N–H and O–H groups in total. The number of aryl methyl sites for hydroxylation is 1. The molecule has 3 rings (SSSR count). The minimum atomic E-state index is 0. The molecule has 0 spiro atoms. The second kappa shape index (κ2) is 8.26. The Kier molecular flexibility index (Phi) is 6.34. The van der Waals surface area contributed by atoms with E-state index in [1.807, 2.05) is 30.0 Å². The maximum Gasteiger partial charge on any atom is 0.254 e. The van der Waals surface area contributed by atoms with Crippen LogP contribution < -0.4 is 5.32 Å². The first-order chi connectivity index (χ1) is 11.2. The Bertz CT molecular complexity index is 668. The molecule has 1 saturated heterocycles. The Morgan fingerprint density at radius 2 is 2.29 bits per heavy atom. The predicted molar refractivity (Wildman–Crippen MR) is 95.9 cm³/mol. The summed E-state index contributed by atoms with van der Waals surface area (Å²) in [5.41, 5.74) is 2.71. The van der Waals surface area contributed by atoms with E-state index in [1.165, 1.54) is 6.33 Å². The fourth-order valence-corrected chi connectivity index (χ4v) is 3.14. The zero-order valence-electron chi connectivity index (χ0n) is 14.1. The highest BCUT2D eigenvalue weighted by Crippen LogP contribution is 2.19. The Labute approximate surface area is 148 Å². The summed E-state index contributed by atoms with van der Waals surface area (Å²) in [5.74, 6) is 0.119. The van der Waals surface area contributed by atoms with Crippen LogP contribution >= 0.6 is 12.4 Å². The van der Waals surface area contributed by atoms with Crippen molar-refractivity contribution in [1.82, 2.24) is 25.0 Å². The van der Waals surface area contributed by atoms with Crippen LogP contribution in [-0.4, -0.2) is 51.2 Å². The van der Waals surface area contributed by atoms with Gasteiger partial charge in [0.25, 0.3) is 5.91 Å². The van der Waals surface area contributed by atoms with Gasteiger partial charge in [0.2, 0.25) is 0 Å². The van der Waals surface area contributed by atoms with E-state index in [0.29, 0.717) is 6.04 Å². The van der Waals surface area contributed by atoms with Crippen LogP contribution in [0.1, 0.15) is 35.7 Å². The van der Waals surface area contributed by atoms with E-state index < -0.39 is 0 Å². The standard InChI is InChI=1S/C17H23N5O.ClH/c1-3-8-21(15-6-7-18-10-15)17(23)14-4-5-16(13(2)9-14)22-12-19-11-20-22;/h4-5,9,11-12,15,18H,3,6-8,10H2,1-2H3;1H. The zero-order chi connectivity index (χ0) is 16.2. The minimum absolute atomic E-state index is 0. The van der Waals surface area contributed by atoms with Crippen molar-refractivity contribution in [2.24, 2.45) is 0 Å². The third kappa shape index (κ3) is 3.76. The highest BCUT2D eigenvalue weighted by molar-refractivity contribution is 5.95. The number of hydrogen-bond acceptors (Lipinski definition) is 4. The normalized spacial score (nSPS) is 16.7. The molecule has 2 heterocycles. The van der Waals surface area contributed by atoms with Gasteiger partial charge in [0, 0.05) is 24.7 Å². The lowest BCUT2D eigenvalue weighted by atomic mass is 10.1. The van der Waals surface area contributed by atoms with Gasteiger partial charge < -0.3 is 10.2 Å². The maximum absolute atomic E-state index is 12.9. The number of carbonyl (C=O) groups is 1. The van der Waals surface area contributed by atoms with Crippen molar-refractivity contribution in [1.29, 1.82) is 0 Å². The van der Waals surface area contributed by atoms with Crippen LogP contribution in [0.3, 0.4) is 0 Å². The van der Waals surface area contributed by atoms with Crippen molar-refractivity contribution in [3.63, 3.8) is 0 Å². The van der Waals surface area contributed by atoms with E-state index in [-0.39, 0.29) is 18.3 Å². The molecule has 1 aromatic heterocycles. The van der Waals surface area contributed by atoms with E-state index in [4.69, 9.17) is 0 Å². The third-order valence-corrected chi connectivity index (χ3v) is 4.31. The molecule has 1 fully saturated rings. The molecular weight excluding hydrogens is 326 g/mol. The lowest BCUT2D eigenvalue weighted by molar-refractivity contribution is 0.0692. The molecule has 0 radical (unpaired) electrons.